The zero-order valence-electron chi connectivity index (χ0n) is 7.29. The maximum Gasteiger partial charge on any atom is 0.407 e. The van der Waals surface area contributed by atoms with Crippen LogP contribution in [0.5, 0.6) is 0 Å². The summed E-state index contributed by atoms with van der Waals surface area (Å²) in [5.74, 6) is 0. The Morgan fingerprint density at radius 1 is 1.27 bits per heavy atom. The van der Waals surface area contributed by atoms with Crippen molar-refractivity contribution in [2.45, 2.75) is 39.8 Å². The van der Waals surface area contributed by atoms with E-state index in [2.05, 4.69) is 5.32 Å². The third kappa shape index (κ3) is 9.76. The Morgan fingerprint density at radius 2 is 1.73 bits per heavy atom. The molecule has 0 saturated heterocycles. The molecule has 0 spiro atoms. The second-order valence-electron chi connectivity index (χ2n) is 2.75. The first kappa shape index (κ1) is 13.4. The van der Waals surface area contributed by atoms with Gasteiger partial charge in [-0.15, -0.1) is 0 Å². The third-order valence-electron chi connectivity index (χ3n) is 0.749. The second-order valence-corrected chi connectivity index (χ2v) is 2.75. The van der Waals surface area contributed by atoms with E-state index in [4.69, 9.17) is 4.74 Å². The number of hydrogen-bond donors (Lipinski definition) is 1. The molecule has 0 aliphatic heterocycles. The Balaban J connectivity index is 0. The first-order valence-electron chi connectivity index (χ1n) is 3.49. The molecular formula is C7H15NNiO2. The molecule has 0 bridgehead atoms. The molecule has 0 aromatic heterocycles. The molecule has 0 saturated carbocycles. The summed E-state index contributed by atoms with van der Waals surface area (Å²) in [5, 5.41) is 2.61. The molecule has 0 aliphatic carbocycles. The van der Waals surface area contributed by atoms with Gasteiger partial charge in [0, 0.05) is 22.5 Å². The van der Waals surface area contributed by atoms with Gasteiger partial charge in [0.15, 0.2) is 0 Å². The van der Waals surface area contributed by atoms with Crippen LogP contribution in [0.25, 0.3) is 0 Å². The SMILES string of the molecule is CC(C)NC(=O)OC(C)C.[Ni]. The first-order chi connectivity index (χ1) is 4.52. The number of amides is 1. The standard InChI is InChI=1S/C7H15NO2.Ni/c1-5(2)8-7(9)10-6(3)4;/h5-6H,1-4H3,(H,8,9);. The van der Waals surface area contributed by atoms with E-state index in [1.807, 2.05) is 27.7 Å². The van der Waals surface area contributed by atoms with Crippen molar-refractivity contribution in [1.82, 2.24) is 5.32 Å². The van der Waals surface area contributed by atoms with Crippen molar-refractivity contribution in [1.29, 1.82) is 0 Å². The van der Waals surface area contributed by atoms with Gasteiger partial charge >= 0.3 is 6.09 Å². The van der Waals surface area contributed by atoms with Crippen LogP contribution in [0.1, 0.15) is 27.7 Å². The topological polar surface area (TPSA) is 38.3 Å². The number of carbonyl (C=O) groups is 1. The summed E-state index contributed by atoms with van der Waals surface area (Å²) in [6.07, 6.45) is -0.385. The fourth-order valence-electron chi connectivity index (χ4n) is 0.484. The summed E-state index contributed by atoms with van der Waals surface area (Å²) in [5.41, 5.74) is 0. The van der Waals surface area contributed by atoms with Gasteiger partial charge in [-0.05, 0) is 27.7 Å². The van der Waals surface area contributed by atoms with E-state index >= 15 is 0 Å². The smallest absolute Gasteiger partial charge is 0.407 e. The number of hydrogen-bond acceptors (Lipinski definition) is 2. The predicted octanol–water partition coefficient (Wildman–Crippen LogP) is 1.53. The maximum atomic E-state index is 10.7. The van der Waals surface area contributed by atoms with Crippen LogP contribution in [-0.4, -0.2) is 18.2 Å². The van der Waals surface area contributed by atoms with Crippen LogP contribution in [0.3, 0.4) is 0 Å². The van der Waals surface area contributed by atoms with E-state index in [1.165, 1.54) is 0 Å². The van der Waals surface area contributed by atoms with Crippen molar-refractivity contribution < 1.29 is 26.0 Å². The maximum absolute atomic E-state index is 10.7. The minimum atomic E-state index is -0.343. The van der Waals surface area contributed by atoms with E-state index in [0.29, 0.717) is 0 Å². The van der Waals surface area contributed by atoms with Gasteiger partial charge in [0.05, 0.1) is 6.10 Å². The molecule has 0 aromatic rings. The minimum absolute atomic E-state index is 0. The molecule has 0 heterocycles. The van der Waals surface area contributed by atoms with Crippen molar-refractivity contribution in [2.75, 3.05) is 0 Å². The van der Waals surface area contributed by atoms with Crippen LogP contribution >= 0.6 is 0 Å². The van der Waals surface area contributed by atoms with Gasteiger partial charge in [0.2, 0.25) is 0 Å². The average Bonchev–Trinajstić information content (AvgIpc) is 1.58. The van der Waals surface area contributed by atoms with Crippen molar-refractivity contribution in [3.8, 4) is 0 Å². The second kappa shape index (κ2) is 6.47. The normalized spacial score (nSPS) is 9.27. The number of carbonyl (C=O) groups excluding carboxylic acids is 1. The largest absolute Gasteiger partial charge is 0.447 e. The zero-order chi connectivity index (χ0) is 8.15. The van der Waals surface area contributed by atoms with E-state index in [0.717, 1.165) is 0 Å². The average molecular weight is 204 g/mol. The van der Waals surface area contributed by atoms with Gasteiger partial charge in [-0.2, -0.15) is 0 Å². The quantitative estimate of drug-likeness (QED) is 0.692. The molecule has 3 nitrogen and oxygen atoms in total. The number of rotatable bonds is 2. The van der Waals surface area contributed by atoms with Crippen molar-refractivity contribution >= 4 is 6.09 Å². The van der Waals surface area contributed by atoms with Crippen LogP contribution in [0.4, 0.5) is 4.79 Å². The summed E-state index contributed by atoms with van der Waals surface area (Å²) in [6.45, 7) is 7.42. The van der Waals surface area contributed by atoms with Crippen LogP contribution in [0.15, 0.2) is 0 Å². The summed E-state index contributed by atoms with van der Waals surface area (Å²) in [6, 6.07) is 0.145. The van der Waals surface area contributed by atoms with E-state index in [9.17, 15) is 4.79 Å². The van der Waals surface area contributed by atoms with E-state index in [1.54, 1.807) is 0 Å². The zero-order valence-corrected chi connectivity index (χ0v) is 8.28. The Bertz CT molecular complexity index is 103. The van der Waals surface area contributed by atoms with Crippen LogP contribution in [0, 0.1) is 0 Å². The van der Waals surface area contributed by atoms with Crippen molar-refractivity contribution in [3.05, 3.63) is 0 Å². The minimum Gasteiger partial charge on any atom is -0.447 e. The Morgan fingerprint density at radius 3 is 2.00 bits per heavy atom. The van der Waals surface area contributed by atoms with Gasteiger partial charge in [-0.25, -0.2) is 4.79 Å². The van der Waals surface area contributed by atoms with Gasteiger partial charge in [-0.3, -0.25) is 0 Å². The number of nitrogens with one attached hydrogen (secondary N) is 1. The monoisotopic (exact) mass is 203 g/mol. The van der Waals surface area contributed by atoms with Crippen LogP contribution in [-0.2, 0) is 21.2 Å². The molecule has 0 rings (SSSR count). The number of ether oxygens (including phenoxy) is 1. The van der Waals surface area contributed by atoms with Gasteiger partial charge in [0.1, 0.15) is 0 Å². The van der Waals surface area contributed by atoms with Gasteiger partial charge in [0.25, 0.3) is 0 Å². The Kier molecular flexibility index (Phi) is 7.86. The molecule has 70 valence electrons. The molecule has 0 aromatic carbocycles. The van der Waals surface area contributed by atoms with Crippen molar-refractivity contribution in [2.24, 2.45) is 0 Å². The third-order valence-corrected chi connectivity index (χ3v) is 0.749. The van der Waals surface area contributed by atoms with Crippen molar-refractivity contribution in [3.63, 3.8) is 0 Å². The molecule has 1 N–H and O–H groups in total. The summed E-state index contributed by atoms with van der Waals surface area (Å²) in [4.78, 5) is 10.7. The van der Waals surface area contributed by atoms with E-state index < -0.39 is 0 Å². The molecule has 0 aliphatic rings. The van der Waals surface area contributed by atoms with Crippen LogP contribution < -0.4 is 5.32 Å². The van der Waals surface area contributed by atoms with E-state index in [-0.39, 0.29) is 34.7 Å². The molecule has 0 unspecified atom stereocenters. The summed E-state index contributed by atoms with van der Waals surface area (Å²) in [7, 11) is 0. The molecule has 0 radical (unpaired) electrons. The van der Waals surface area contributed by atoms with Crippen LogP contribution in [0.2, 0.25) is 0 Å². The molecule has 11 heavy (non-hydrogen) atoms. The molecule has 1 amide bonds. The summed E-state index contributed by atoms with van der Waals surface area (Å²) >= 11 is 0. The molecule has 0 atom stereocenters. The summed E-state index contributed by atoms with van der Waals surface area (Å²) < 4.78 is 4.81. The molecule has 4 heteroatoms. The molecular weight excluding hydrogens is 189 g/mol. The molecule has 0 fully saturated rings. The fraction of sp³-hybridized carbons (Fsp3) is 0.857. The predicted molar refractivity (Wildman–Crippen MR) is 39.9 cm³/mol. The number of alkyl carbamates (subject to hydrolysis) is 1. The Labute approximate surface area is 77.8 Å². The first-order valence-corrected chi connectivity index (χ1v) is 3.49. The Hall–Kier alpha value is -0.236. The van der Waals surface area contributed by atoms with Gasteiger partial charge < -0.3 is 10.1 Å². The van der Waals surface area contributed by atoms with Gasteiger partial charge in [-0.1, -0.05) is 0 Å². The fourth-order valence-corrected chi connectivity index (χ4v) is 0.484.